The first-order valence-electron chi connectivity index (χ1n) is 7.29. The second-order valence-corrected chi connectivity index (χ2v) is 6.02. The number of aromatic nitrogens is 3. The number of benzene rings is 1. The van der Waals surface area contributed by atoms with Crippen LogP contribution in [0.1, 0.15) is 25.8 Å². The maximum Gasteiger partial charge on any atom is 0.342 e. The lowest BCUT2D eigenvalue weighted by atomic mass is 10.1. The largest absolute Gasteiger partial charge is 0.342 e. The second kappa shape index (κ2) is 7.77. The first-order valence-corrected chi connectivity index (χ1v) is 8.17. The SMILES string of the molecule is CCc1ccccc1NC(=O)[C@@H](CC)Sc1n[nH]c(=O)[nH]c1=O. The van der Waals surface area contributed by atoms with Crippen molar-refractivity contribution in [2.24, 2.45) is 0 Å². The lowest BCUT2D eigenvalue weighted by molar-refractivity contribution is -0.115. The molecule has 1 aromatic carbocycles. The van der Waals surface area contributed by atoms with Gasteiger partial charge < -0.3 is 5.32 Å². The third-order valence-electron chi connectivity index (χ3n) is 3.25. The van der Waals surface area contributed by atoms with Gasteiger partial charge in [-0.05, 0) is 24.5 Å². The van der Waals surface area contributed by atoms with E-state index in [0.717, 1.165) is 29.4 Å². The highest BCUT2D eigenvalue weighted by molar-refractivity contribution is 8.00. The van der Waals surface area contributed by atoms with Crippen LogP contribution in [0, 0.1) is 0 Å². The van der Waals surface area contributed by atoms with Gasteiger partial charge in [-0.3, -0.25) is 14.6 Å². The predicted octanol–water partition coefficient (Wildman–Crippen LogP) is 1.53. The average Bonchev–Trinajstić information content (AvgIpc) is 2.54. The van der Waals surface area contributed by atoms with Crippen molar-refractivity contribution in [1.82, 2.24) is 15.2 Å². The maximum atomic E-state index is 12.5. The molecule has 1 amide bonds. The number of H-pyrrole nitrogens is 2. The van der Waals surface area contributed by atoms with Crippen LogP contribution in [0.2, 0.25) is 0 Å². The number of aromatic amines is 2. The van der Waals surface area contributed by atoms with Gasteiger partial charge in [-0.15, -0.1) is 0 Å². The fraction of sp³-hybridized carbons (Fsp3) is 0.333. The molecule has 1 aromatic heterocycles. The highest BCUT2D eigenvalue weighted by atomic mass is 32.2. The average molecular weight is 334 g/mol. The minimum absolute atomic E-state index is 0.0652. The van der Waals surface area contributed by atoms with Crippen LogP contribution in [0.3, 0.4) is 0 Å². The van der Waals surface area contributed by atoms with Crippen molar-refractivity contribution in [1.29, 1.82) is 0 Å². The van der Waals surface area contributed by atoms with Crippen molar-refractivity contribution < 1.29 is 4.79 Å². The van der Waals surface area contributed by atoms with Gasteiger partial charge in [0.05, 0.1) is 5.25 Å². The van der Waals surface area contributed by atoms with E-state index in [1.165, 1.54) is 0 Å². The lowest BCUT2D eigenvalue weighted by Crippen LogP contribution is -2.29. The molecule has 0 unspecified atom stereocenters. The molecular weight excluding hydrogens is 316 g/mol. The molecule has 0 spiro atoms. The third-order valence-corrected chi connectivity index (χ3v) is 4.59. The number of nitrogens with one attached hydrogen (secondary N) is 3. The number of nitrogens with zero attached hydrogens (tertiary/aromatic N) is 1. The Hall–Kier alpha value is -2.35. The summed E-state index contributed by atoms with van der Waals surface area (Å²) in [4.78, 5) is 37.2. The number of hydrogen-bond donors (Lipinski definition) is 3. The van der Waals surface area contributed by atoms with Gasteiger partial charge in [0.2, 0.25) is 5.91 Å². The lowest BCUT2D eigenvalue weighted by Gasteiger charge is -2.15. The monoisotopic (exact) mass is 334 g/mol. The molecule has 0 saturated heterocycles. The van der Waals surface area contributed by atoms with Gasteiger partial charge in [0.15, 0.2) is 5.03 Å². The smallest absolute Gasteiger partial charge is 0.325 e. The number of carbonyl (C=O) groups is 1. The standard InChI is InChI=1S/C15H18N4O3S/c1-3-9-7-5-6-8-10(9)16-12(20)11(4-2)23-14-13(21)17-15(22)19-18-14/h5-8,11H,3-4H2,1-2H3,(H,16,20)(H2,17,19,21,22)/t11-/m1/s1. The van der Waals surface area contributed by atoms with Crippen LogP contribution in [0.15, 0.2) is 38.9 Å². The van der Waals surface area contributed by atoms with Crippen molar-refractivity contribution >= 4 is 23.4 Å². The van der Waals surface area contributed by atoms with E-state index in [1.807, 2.05) is 38.1 Å². The van der Waals surface area contributed by atoms with Gasteiger partial charge in [0.1, 0.15) is 0 Å². The Morgan fingerprint density at radius 1 is 1.30 bits per heavy atom. The fourth-order valence-corrected chi connectivity index (χ4v) is 2.90. The maximum absolute atomic E-state index is 12.5. The molecule has 23 heavy (non-hydrogen) atoms. The summed E-state index contributed by atoms with van der Waals surface area (Å²) in [6.45, 7) is 3.86. The Balaban J connectivity index is 2.15. The van der Waals surface area contributed by atoms with E-state index in [1.54, 1.807) is 0 Å². The summed E-state index contributed by atoms with van der Waals surface area (Å²) < 4.78 is 0. The highest BCUT2D eigenvalue weighted by Gasteiger charge is 2.21. The Morgan fingerprint density at radius 2 is 2.04 bits per heavy atom. The molecule has 3 N–H and O–H groups in total. The zero-order valence-electron chi connectivity index (χ0n) is 12.9. The number of anilines is 1. The predicted molar refractivity (Wildman–Crippen MR) is 89.9 cm³/mol. The number of carbonyl (C=O) groups excluding carboxylic acids is 1. The summed E-state index contributed by atoms with van der Waals surface area (Å²) >= 11 is 1.03. The van der Waals surface area contributed by atoms with E-state index in [-0.39, 0.29) is 10.9 Å². The Bertz CT molecular complexity index is 800. The molecule has 2 aromatic rings. The molecule has 0 saturated carbocycles. The van der Waals surface area contributed by atoms with Crippen LogP contribution in [-0.2, 0) is 11.2 Å². The van der Waals surface area contributed by atoms with Gasteiger partial charge >= 0.3 is 5.69 Å². The second-order valence-electron chi connectivity index (χ2n) is 4.83. The van der Waals surface area contributed by atoms with E-state index in [2.05, 4.69) is 20.5 Å². The molecule has 2 rings (SSSR count). The van der Waals surface area contributed by atoms with Gasteiger partial charge in [-0.25, -0.2) is 9.89 Å². The number of hydrogen-bond acceptors (Lipinski definition) is 5. The zero-order chi connectivity index (χ0) is 16.8. The van der Waals surface area contributed by atoms with E-state index in [4.69, 9.17) is 0 Å². The Labute approximate surface area is 136 Å². The van der Waals surface area contributed by atoms with Crippen molar-refractivity contribution in [3.8, 4) is 0 Å². The summed E-state index contributed by atoms with van der Waals surface area (Å²) in [6, 6.07) is 7.58. The molecule has 0 bridgehead atoms. The van der Waals surface area contributed by atoms with E-state index in [9.17, 15) is 14.4 Å². The fourth-order valence-electron chi connectivity index (χ4n) is 2.04. The van der Waals surface area contributed by atoms with Gasteiger partial charge in [-0.2, -0.15) is 5.10 Å². The Morgan fingerprint density at radius 3 is 2.70 bits per heavy atom. The van der Waals surface area contributed by atoms with E-state index in [0.29, 0.717) is 6.42 Å². The first kappa shape index (κ1) is 17.0. The molecule has 8 heteroatoms. The van der Waals surface area contributed by atoms with Gasteiger partial charge in [-0.1, -0.05) is 43.8 Å². The summed E-state index contributed by atoms with van der Waals surface area (Å²) in [5.41, 5.74) is 0.538. The summed E-state index contributed by atoms with van der Waals surface area (Å²) in [7, 11) is 0. The minimum atomic E-state index is -0.672. The number of amides is 1. The van der Waals surface area contributed by atoms with E-state index < -0.39 is 16.5 Å². The van der Waals surface area contributed by atoms with Crippen LogP contribution in [-0.4, -0.2) is 26.3 Å². The molecular formula is C15H18N4O3S. The summed E-state index contributed by atoms with van der Waals surface area (Å²) in [5.74, 6) is -0.203. The van der Waals surface area contributed by atoms with Gasteiger partial charge in [0, 0.05) is 5.69 Å². The quantitative estimate of drug-likeness (QED) is 0.694. The van der Waals surface area contributed by atoms with Crippen LogP contribution in [0.4, 0.5) is 5.69 Å². The molecule has 0 fully saturated rings. The Kier molecular flexibility index (Phi) is 5.75. The van der Waals surface area contributed by atoms with Crippen molar-refractivity contribution in [3.05, 3.63) is 50.7 Å². The topological polar surface area (TPSA) is 108 Å². The molecule has 0 radical (unpaired) electrons. The van der Waals surface area contributed by atoms with Gasteiger partial charge in [0.25, 0.3) is 5.56 Å². The molecule has 1 atom stereocenters. The molecule has 7 nitrogen and oxygen atoms in total. The zero-order valence-corrected chi connectivity index (χ0v) is 13.7. The first-order chi connectivity index (χ1) is 11.0. The number of thioether (sulfide) groups is 1. The molecule has 0 aliphatic rings. The molecule has 0 aliphatic heterocycles. The minimum Gasteiger partial charge on any atom is -0.325 e. The normalized spacial score (nSPS) is 11.9. The molecule has 0 aliphatic carbocycles. The number of rotatable bonds is 6. The van der Waals surface area contributed by atoms with Crippen LogP contribution in [0.25, 0.3) is 0 Å². The molecule has 122 valence electrons. The van der Waals surface area contributed by atoms with Crippen LogP contribution in [0.5, 0.6) is 0 Å². The van der Waals surface area contributed by atoms with Crippen LogP contribution < -0.4 is 16.6 Å². The highest BCUT2D eigenvalue weighted by Crippen LogP contribution is 2.23. The van der Waals surface area contributed by atoms with Crippen molar-refractivity contribution in [3.63, 3.8) is 0 Å². The molecule has 1 heterocycles. The van der Waals surface area contributed by atoms with Crippen LogP contribution >= 0.6 is 11.8 Å². The third kappa shape index (κ3) is 4.32. The summed E-state index contributed by atoms with van der Waals surface area (Å²) in [6.07, 6.45) is 1.33. The summed E-state index contributed by atoms with van der Waals surface area (Å²) in [5, 5.41) is 8.32. The number of para-hydroxylation sites is 1. The van der Waals surface area contributed by atoms with Crippen molar-refractivity contribution in [2.45, 2.75) is 37.0 Å². The van der Waals surface area contributed by atoms with E-state index >= 15 is 0 Å². The van der Waals surface area contributed by atoms with Crippen molar-refractivity contribution in [2.75, 3.05) is 5.32 Å². The number of aryl methyl sites for hydroxylation is 1.